The minimum absolute atomic E-state index is 0.0760. The third-order valence-electron chi connectivity index (χ3n) is 5.39. The summed E-state index contributed by atoms with van der Waals surface area (Å²) < 4.78 is 5.18. The van der Waals surface area contributed by atoms with Gasteiger partial charge in [0.25, 0.3) is 5.91 Å². The highest BCUT2D eigenvalue weighted by Gasteiger charge is 2.32. The molecule has 0 bridgehead atoms. The molecule has 4 nitrogen and oxygen atoms in total. The number of rotatable bonds is 4. The molecule has 1 saturated heterocycles. The van der Waals surface area contributed by atoms with Gasteiger partial charge in [0.15, 0.2) is 0 Å². The Hall–Kier alpha value is -3.14. The number of benzene rings is 2. The molecule has 2 heterocycles. The van der Waals surface area contributed by atoms with Crippen molar-refractivity contribution >= 4 is 5.91 Å². The molecule has 3 aromatic rings. The van der Waals surface area contributed by atoms with Crippen molar-refractivity contribution in [3.05, 3.63) is 83.6 Å². The van der Waals surface area contributed by atoms with E-state index < -0.39 is 0 Å². The zero-order valence-electron chi connectivity index (χ0n) is 16.3. The average molecular weight is 372 g/mol. The maximum atomic E-state index is 13.2. The van der Waals surface area contributed by atoms with Crippen LogP contribution in [0.25, 0.3) is 11.1 Å². The second-order valence-corrected chi connectivity index (χ2v) is 7.20. The molecule has 0 radical (unpaired) electrons. The zero-order valence-corrected chi connectivity index (χ0v) is 16.3. The molecule has 1 fully saturated rings. The molecule has 2 aromatic carbocycles. The highest BCUT2D eigenvalue weighted by atomic mass is 16.5. The van der Waals surface area contributed by atoms with Crippen LogP contribution in [-0.2, 0) is 0 Å². The maximum Gasteiger partial charge on any atom is 0.254 e. The number of likely N-dealkylation sites (tertiary alicyclic amines) is 1. The van der Waals surface area contributed by atoms with Crippen LogP contribution in [0.15, 0.2) is 66.9 Å². The third-order valence-corrected chi connectivity index (χ3v) is 5.39. The molecular weight excluding hydrogens is 348 g/mol. The molecule has 1 amide bonds. The van der Waals surface area contributed by atoms with Crippen molar-refractivity contribution in [1.29, 1.82) is 0 Å². The van der Waals surface area contributed by atoms with Crippen molar-refractivity contribution in [1.82, 2.24) is 9.88 Å². The number of carbonyl (C=O) groups excluding carboxylic acids is 1. The number of amides is 1. The van der Waals surface area contributed by atoms with Gasteiger partial charge in [-0.25, -0.2) is 4.98 Å². The maximum absolute atomic E-state index is 13.2. The Balaban J connectivity index is 1.68. The van der Waals surface area contributed by atoms with Crippen molar-refractivity contribution in [2.75, 3.05) is 13.7 Å². The smallest absolute Gasteiger partial charge is 0.254 e. The van der Waals surface area contributed by atoms with Gasteiger partial charge in [0.1, 0.15) is 0 Å². The highest BCUT2D eigenvalue weighted by molar-refractivity contribution is 5.95. The van der Waals surface area contributed by atoms with Crippen molar-refractivity contribution in [2.45, 2.75) is 25.8 Å². The first kappa shape index (κ1) is 18.2. The summed E-state index contributed by atoms with van der Waals surface area (Å²) >= 11 is 0. The van der Waals surface area contributed by atoms with E-state index >= 15 is 0 Å². The van der Waals surface area contributed by atoms with Gasteiger partial charge in [-0.1, -0.05) is 42.0 Å². The largest absolute Gasteiger partial charge is 0.481 e. The lowest BCUT2D eigenvalue weighted by Gasteiger charge is -2.27. The number of methoxy groups -OCH3 is 1. The fourth-order valence-corrected chi connectivity index (χ4v) is 3.91. The fourth-order valence-electron chi connectivity index (χ4n) is 3.91. The van der Waals surface area contributed by atoms with Crippen LogP contribution in [0.3, 0.4) is 0 Å². The Kier molecular flexibility index (Phi) is 5.11. The van der Waals surface area contributed by atoms with Crippen molar-refractivity contribution in [3.63, 3.8) is 0 Å². The van der Waals surface area contributed by atoms with E-state index in [1.165, 1.54) is 5.56 Å². The predicted molar refractivity (Wildman–Crippen MR) is 110 cm³/mol. The summed E-state index contributed by atoms with van der Waals surface area (Å²) in [5.41, 5.74) is 5.23. The Morgan fingerprint density at radius 3 is 2.57 bits per heavy atom. The molecule has 142 valence electrons. The summed E-state index contributed by atoms with van der Waals surface area (Å²) in [5, 5.41) is 0. The van der Waals surface area contributed by atoms with E-state index in [1.807, 2.05) is 66.6 Å². The monoisotopic (exact) mass is 372 g/mol. The highest BCUT2D eigenvalue weighted by Crippen LogP contribution is 2.38. The number of pyridine rings is 1. The normalized spacial score (nSPS) is 16.2. The first-order chi connectivity index (χ1) is 13.7. The molecule has 0 saturated carbocycles. The molecule has 4 rings (SSSR count). The zero-order chi connectivity index (χ0) is 19.5. The molecule has 28 heavy (non-hydrogen) atoms. The number of aromatic nitrogens is 1. The van der Waals surface area contributed by atoms with Gasteiger partial charge in [-0.2, -0.15) is 0 Å². The molecule has 1 aliphatic rings. The van der Waals surface area contributed by atoms with E-state index in [9.17, 15) is 4.79 Å². The number of aryl methyl sites for hydroxylation is 1. The Bertz CT molecular complexity index is 965. The number of hydrogen-bond donors (Lipinski definition) is 0. The van der Waals surface area contributed by atoms with Crippen LogP contribution >= 0.6 is 0 Å². The first-order valence-corrected chi connectivity index (χ1v) is 9.64. The van der Waals surface area contributed by atoms with Gasteiger partial charge in [0, 0.05) is 29.9 Å². The molecule has 1 aliphatic heterocycles. The molecular formula is C24H24N2O2. The van der Waals surface area contributed by atoms with Gasteiger partial charge in [-0.15, -0.1) is 0 Å². The lowest BCUT2D eigenvalue weighted by Crippen LogP contribution is -2.30. The van der Waals surface area contributed by atoms with Crippen molar-refractivity contribution in [3.8, 4) is 17.0 Å². The SMILES string of the molecule is COc1ccc(-c2ccccc2C2CCCN2C(=O)c2ccc(C)cc2)cn1. The Morgan fingerprint density at radius 2 is 1.86 bits per heavy atom. The van der Waals surface area contributed by atoms with Crippen molar-refractivity contribution in [2.24, 2.45) is 0 Å². The van der Waals surface area contributed by atoms with Crippen LogP contribution in [0.5, 0.6) is 5.88 Å². The van der Waals surface area contributed by atoms with E-state index in [1.54, 1.807) is 7.11 Å². The first-order valence-electron chi connectivity index (χ1n) is 9.64. The number of carbonyl (C=O) groups is 1. The molecule has 4 heteroatoms. The predicted octanol–water partition coefficient (Wildman–Crippen LogP) is 5.04. The summed E-state index contributed by atoms with van der Waals surface area (Å²) in [4.78, 5) is 19.5. The minimum atomic E-state index is 0.0760. The lowest BCUT2D eigenvalue weighted by atomic mass is 9.94. The van der Waals surface area contributed by atoms with Crippen LogP contribution in [0.4, 0.5) is 0 Å². The standard InChI is InChI=1S/C24H24N2O2/c1-17-9-11-18(12-10-17)24(27)26-15-5-8-22(26)21-7-4-3-6-20(21)19-13-14-23(28-2)25-16-19/h3-4,6-7,9-14,16,22H,5,8,15H2,1-2H3. The van der Waals surface area contributed by atoms with Crippen LogP contribution in [0.1, 0.15) is 40.4 Å². The molecule has 1 aromatic heterocycles. The average Bonchev–Trinajstić information content (AvgIpc) is 3.23. The second-order valence-electron chi connectivity index (χ2n) is 7.20. The van der Waals surface area contributed by atoms with E-state index in [4.69, 9.17) is 4.74 Å². The van der Waals surface area contributed by atoms with Crippen molar-refractivity contribution < 1.29 is 9.53 Å². The number of nitrogens with zero attached hydrogens (tertiary/aromatic N) is 2. The van der Waals surface area contributed by atoms with E-state index in [-0.39, 0.29) is 11.9 Å². The Morgan fingerprint density at radius 1 is 1.07 bits per heavy atom. The summed E-state index contributed by atoms with van der Waals surface area (Å²) in [6, 6.07) is 20.1. The van der Waals surface area contributed by atoms with Gasteiger partial charge in [0.2, 0.25) is 5.88 Å². The number of hydrogen-bond acceptors (Lipinski definition) is 3. The Labute approximate surface area is 165 Å². The molecule has 0 spiro atoms. The second kappa shape index (κ2) is 7.85. The molecule has 0 N–H and O–H groups in total. The summed E-state index contributed by atoms with van der Waals surface area (Å²) in [7, 11) is 1.61. The minimum Gasteiger partial charge on any atom is -0.481 e. The quantitative estimate of drug-likeness (QED) is 0.644. The summed E-state index contributed by atoms with van der Waals surface area (Å²) in [6.45, 7) is 2.82. The molecule has 0 aliphatic carbocycles. The summed E-state index contributed by atoms with van der Waals surface area (Å²) in [6.07, 6.45) is 3.81. The van der Waals surface area contributed by atoms with Gasteiger partial charge >= 0.3 is 0 Å². The van der Waals surface area contributed by atoms with E-state index in [0.717, 1.165) is 41.6 Å². The number of ether oxygens (including phenoxy) is 1. The van der Waals surface area contributed by atoms with Crippen LogP contribution in [-0.4, -0.2) is 29.4 Å². The van der Waals surface area contributed by atoms with Gasteiger partial charge in [0.05, 0.1) is 13.2 Å². The van der Waals surface area contributed by atoms with Gasteiger partial charge in [-0.05, 0) is 49.1 Å². The lowest BCUT2D eigenvalue weighted by molar-refractivity contribution is 0.0736. The van der Waals surface area contributed by atoms with E-state index in [0.29, 0.717) is 5.88 Å². The van der Waals surface area contributed by atoms with Crippen LogP contribution < -0.4 is 4.74 Å². The summed E-state index contributed by atoms with van der Waals surface area (Å²) in [5.74, 6) is 0.698. The van der Waals surface area contributed by atoms with Gasteiger partial charge < -0.3 is 9.64 Å². The van der Waals surface area contributed by atoms with E-state index in [2.05, 4.69) is 17.1 Å². The van der Waals surface area contributed by atoms with Crippen LogP contribution in [0.2, 0.25) is 0 Å². The fraction of sp³-hybridized carbons (Fsp3) is 0.250. The van der Waals surface area contributed by atoms with Gasteiger partial charge in [-0.3, -0.25) is 4.79 Å². The topological polar surface area (TPSA) is 42.4 Å². The van der Waals surface area contributed by atoms with Crippen LogP contribution in [0, 0.1) is 6.92 Å². The molecule has 1 unspecified atom stereocenters. The third kappa shape index (κ3) is 3.50. The molecule has 1 atom stereocenters.